The minimum atomic E-state index is 0.275. The van der Waals surface area contributed by atoms with E-state index in [1.165, 1.54) is 0 Å². The molecule has 0 saturated carbocycles. The van der Waals surface area contributed by atoms with Gasteiger partial charge in [-0.1, -0.05) is 23.2 Å². The van der Waals surface area contributed by atoms with Crippen LogP contribution < -0.4 is 0 Å². The molecule has 4 nitrogen and oxygen atoms in total. The summed E-state index contributed by atoms with van der Waals surface area (Å²) in [6, 6.07) is 5.30. The van der Waals surface area contributed by atoms with Crippen LogP contribution >= 0.6 is 34.8 Å². The normalized spacial score (nSPS) is 11.4. The van der Waals surface area contributed by atoms with Crippen molar-refractivity contribution in [3.8, 4) is 5.69 Å². The molecule has 0 spiro atoms. The zero-order valence-corrected chi connectivity index (χ0v) is 13.1. The third-order valence-corrected chi connectivity index (χ3v) is 3.93. The van der Waals surface area contributed by atoms with Gasteiger partial charge >= 0.3 is 0 Å². The molecule has 0 aliphatic heterocycles. The predicted octanol–water partition coefficient (Wildman–Crippen LogP) is 4.11. The Morgan fingerprint density at radius 3 is 2.70 bits per heavy atom. The number of benzene rings is 1. The number of hydrogen-bond donors (Lipinski definition) is 0. The fraction of sp³-hybridized carbons (Fsp3) is 0.231. The first-order chi connectivity index (χ1) is 9.52. The molecule has 2 heterocycles. The Morgan fingerprint density at radius 1 is 1.25 bits per heavy atom. The summed E-state index contributed by atoms with van der Waals surface area (Å²) in [6.45, 7) is 1.91. The number of rotatable bonds is 2. The van der Waals surface area contributed by atoms with Crippen LogP contribution in [0.5, 0.6) is 0 Å². The highest BCUT2D eigenvalue weighted by Crippen LogP contribution is 2.30. The number of aryl methyl sites for hydroxylation is 2. The average molecular weight is 330 g/mol. The van der Waals surface area contributed by atoms with Crippen molar-refractivity contribution in [3.63, 3.8) is 0 Å². The van der Waals surface area contributed by atoms with Crippen molar-refractivity contribution in [2.75, 3.05) is 0 Å². The van der Waals surface area contributed by atoms with Crippen molar-refractivity contribution in [3.05, 3.63) is 39.8 Å². The predicted molar refractivity (Wildman–Crippen MR) is 82.2 cm³/mol. The molecule has 0 aliphatic rings. The third-order valence-electron chi connectivity index (χ3n) is 3.14. The lowest BCUT2D eigenvalue weighted by atomic mass is 10.3. The number of alkyl halides is 1. The summed E-state index contributed by atoms with van der Waals surface area (Å²) in [5.41, 5.74) is 3.27. The molecule has 0 radical (unpaired) electrons. The van der Waals surface area contributed by atoms with Gasteiger partial charge in [0, 0.05) is 12.1 Å². The van der Waals surface area contributed by atoms with Crippen molar-refractivity contribution in [2.45, 2.75) is 12.8 Å². The van der Waals surface area contributed by atoms with Gasteiger partial charge in [-0.15, -0.1) is 11.6 Å². The minimum Gasteiger partial charge on any atom is -0.278 e. The first-order valence-electron chi connectivity index (χ1n) is 5.95. The van der Waals surface area contributed by atoms with Gasteiger partial charge in [-0.05, 0) is 25.1 Å². The molecular weight excluding hydrogens is 319 g/mol. The van der Waals surface area contributed by atoms with Crippen LogP contribution in [-0.4, -0.2) is 19.3 Å². The molecule has 0 aliphatic carbocycles. The Labute approximate surface area is 130 Å². The summed E-state index contributed by atoms with van der Waals surface area (Å²) in [4.78, 5) is 4.54. The second-order valence-electron chi connectivity index (χ2n) is 4.47. The Hall–Kier alpha value is -1.23. The van der Waals surface area contributed by atoms with Crippen LogP contribution in [0.1, 0.15) is 11.5 Å². The maximum Gasteiger partial charge on any atom is 0.163 e. The Morgan fingerprint density at radius 2 is 2.00 bits per heavy atom. The van der Waals surface area contributed by atoms with Gasteiger partial charge in [-0.2, -0.15) is 5.10 Å². The Kier molecular flexibility index (Phi) is 3.40. The number of aromatic nitrogens is 4. The molecule has 104 valence electrons. The van der Waals surface area contributed by atoms with E-state index in [0.29, 0.717) is 15.9 Å². The van der Waals surface area contributed by atoms with E-state index in [-0.39, 0.29) is 5.88 Å². The van der Waals surface area contributed by atoms with E-state index in [9.17, 15) is 0 Å². The van der Waals surface area contributed by atoms with Crippen molar-refractivity contribution < 1.29 is 0 Å². The van der Waals surface area contributed by atoms with Gasteiger partial charge in [0.05, 0.1) is 22.3 Å². The summed E-state index contributed by atoms with van der Waals surface area (Å²) in [5.74, 6) is 0.985. The van der Waals surface area contributed by atoms with E-state index in [1.54, 1.807) is 22.9 Å². The van der Waals surface area contributed by atoms with Crippen LogP contribution in [0.15, 0.2) is 18.2 Å². The fourth-order valence-corrected chi connectivity index (χ4v) is 2.87. The van der Waals surface area contributed by atoms with Crippen molar-refractivity contribution in [2.24, 2.45) is 7.05 Å². The van der Waals surface area contributed by atoms with Crippen LogP contribution in [0.25, 0.3) is 16.9 Å². The molecule has 3 rings (SSSR count). The van der Waals surface area contributed by atoms with Gasteiger partial charge < -0.3 is 0 Å². The molecule has 0 amide bonds. The molecule has 20 heavy (non-hydrogen) atoms. The van der Waals surface area contributed by atoms with E-state index >= 15 is 0 Å². The molecular formula is C13H11Cl3N4. The van der Waals surface area contributed by atoms with E-state index < -0.39 is 0 Å². The monoisotopic (exact) mass is 328 g/mol. The average Bonchev–Trinajstić information content (AvgIpc) is 2.92. The molecule has 0 unspecified atom stereocenters. The van der Waals surface area contributed by atoms with Gasteiger partial charge in [0.1, 0.15) is 11.3 Å². The second-order valence-corrected chi connectivity index (χ2v) is 5.58. The maximum absolute atomic E-state index is 6.30. The minimum absolute atomic E-state index is 0.275. The molecule has 0 N–H and O–H groups in total. The second kappa shape index (κ2) is 4.95. The highest BCUT2D eigenvalue weighted by atomic mass is 35.5. The number of nitrogens with zero attached hydrogens (tertiary/aromatic N) is 4. The lowest BCUT2D eigenvalue weighted by molar-refractivity contribution is 0.755. The van der Waals surface area contributed by atoms with Crippen LogP contribution in [-0.2, 0) is 12.9 Å². The van der Waals surface area contributed by atoms with Gasteiger partial charge in [0.2, 0.25) is 0 Å². The van der Waals surface area contributed by atoms with Gasteiger partial charge in [0.15, 0.2) is 5.65 Å². The standard InChI is InChI=1S/C13H11Cl3N4/c1-7-12-13(19(2)18-7)20(11(6-14)17-12)10-5-8(15)3-4-9(10)16/h3-5H,6H2,1-2H3. The maximum atomic E-state index is 6.30. The molecule has 0 bridgehead atoms. The quantitative estimate of drug-likeness (QED) is 0.663. The smallest absolute Gasteiger partial charge is 0.163 e. The Balaban J connectivity index is 2.42. The molecule has 7 heteroatoms. The molecule has 0 saturated heterocycles. The largest absolute Gasteiger partial charge is 0.278 e. The highest BCUT2D eigenvalue weighted by Gasteiger charge is 2.19. The van der Waals surface area contributed by atoms with Crippen molar-refractivity contribution in [1.29, 1.82) is 0 Å². The van der Waals surface area contributed by atoms with Gasteiger partial charge in [-0.25, -0.2) is 9.67 Å². The topological polar surface area (TPSA) is 35.6 Å². The van der Waals surface area contributed by atoms with Crippen LogP contribution in [0, 0.1) is 6.92 Å². The zero-order valence-electron chi connectivity index (χ0n) is 10.9. The summed E-state index contributed by atoms with van der Waals surface area (Å²) >= 11 is 18.4. The highest BCUT2D eigenvalue weighted by molar-refractivity contribution is 6.34. The first-order valence-corrected chi connectivity index (χ1v) is 7.24. The van der Waals surface area contributed by atoms with Gasteiger partial charge in [0.25, 0.3) is 0 Å². The lowest BCUT2D eigenvalue weighted by Crippen LogP contribution is -2.04. The van der Waals surface area contributed by atoms with E-state index in [4.69, 9.17) is 34.8 Å². The van der Waals surface area contributed by atoms with Crippen LogP contribution in [0.2, 0.25) is 10.0 Å². The zero-order chi connectivity index (χ0) is 14.4. The van der Waals surface area contributed by atoms with Crippen molar-refractivity contribution >= 4 is 46.0 Å². The molecule has 2 aromatic heterocycles. The number of halogens is 3. The van der Waals surface area contributed by atoms with E-state index in [2.05, 4.69) is 10.1 Å². The fourth-order valence-electron chi connectivity index (χ4n) is 2.32. The third kappa shape index (κ3) is 1.99. The molecule has 0 fully saturated rings. The molecule has 0 atom stereocenters. The lowest BCUT2D eigenvalue weighted by Gasteiger charge is -2.10. The number of fused-ring (bicyclic) bond motifs is 1. The summed E-state index contributed by atoms with van der Waals surface area (Å²) in [7, 11) is 1.87. The SMILES string of the molecule is Cc1nn(C)c2c1nc(CCl)n2-c1cc(Cl)ccc1Cl. The molecule has 3 aromatic rings. The summed E-state index contributed by atoms with van der Waals surface area (Å²) < 4.78 is 3.67. The summed E-state index contributed by atoms with van der Waals surface area (Å²) in [5, 5.41) is 5.56. The first kappa shape index (κ1) is 13.7. The van der Waals surface area contributed by atoms with Crippen molar-refractivity contribution in [1.82, 2.24) is 19.3 Å². The Bertz CT molecular complexity index is 804. The number of imidazole rings is 1. The van der Waals surface area contributed by atoms with E-state index in [1.807, 2.05) is 18.5 Å². The van der Waals surface area contributed by atoms with Crippen LogP contribution in [0.4, 0.5) is 0 Å². The van der Waals surface area contributed by atoms with Gasteiger partial charge in [-0.3, -0.25) is 4.57 Å². The summed E-state index contributed by atoms with van der Waals surface area (Å²) in [6.07, 6.45) is 0. The number of hydrogen-bond acceptors (Lipinski definition) is 2. The molecule has 1 aromatic carbocycles. The van der Waals surface area contributed by atoms with E-state index in [0.717, 1.165) is 22.5 Å². The van der Waals surface area contributed by atoms with Crippen LogP contribution in [0.3, 0.4) is 0 Å².